The smallest absolute Gasteiger partial charge is 0.339 e. The molecule has 4 nitrogen and oxygen atoms in total. The molecular formula is C46H52O4P2Pd2+2. The summed E-state index contributed by atoms with van der Waals surface area (Å²) >= 11 is 0. The number of aryl methyl sites for hydroxylation is 4. The van der Waals surface area contributed by atoms with Gasteiger partial charge in [-0.25, -0.2) is 0 Å². The Morgan fingerprint density at radius 3 is 0.741 bits per heavy atom. The summed E-state index contributed by atoms with van der Waals surface area (Å²) in [6, 6.07) is 52.2. The number of benzene rings is 6. The second kappa shape index (κ2) is 24.6. The van der Waals surface area contributed by atoms with Gasteiger partial charge in [0, 0.05) is 51.5 Å². The topological polar surface area (TPSA) is 83.3 Å². The molecule has 6 aromatic carbocycles. The fourth-order valence-corrected chi connectivity index (χ4v) is 11.9. The molecule has 4 N–H and O–H groups in total. The molecule has 288 valence electrons. The standard InChI is InChI=1S/2C21H20P.2C2H4O2.2Pd/c2*1-16-10-4-7-13-19(16)22(20-14-8-5-11-17(20)2)21-15-9-6-12-18(21)3;2*1-2(3)4;;/h2*4-15H,1H2,2-3H3;2*1H3,(H,3,4);;/q2*-1;;;;/p+4. The van der Waals surface area contributed by atoms with Gasteiger partial charge in [0.25, 0.3) is 0 Å². The molecule has 0 saturated heterocycles. The molecule has 0 aliphatic rings. The van der Waals surface area contributed by atoms with Crippen LogP contribution < -0.4 is 31.8 Å². The van der Waals surface area contributed by atoms with E-state index < -0.39 is 27.8 Å². The number of hydrogen-bond donors (Lipinski definition) is 2. The van der Waals surface area contributed by atoms with Gasteiger partial charge in [-0.05, 0) is 74.2 Å². The fourth-order valence-electron chi connectivity index (χ4n) is 5.81. The van der Waals surface area contributed by atoms with Crippen molar-refractivity contribution in [2.45, 2.75) is 41.5 Å². The van der Waals surface area contributed by atoms with E-state index in [1.807, 2.05) is 0 Å². The second-order valence-electron chi connectivity index (χ2n) is 12.4. The minimum atomic E-state index is -1.03. The Morgan fingerprint density at radius 1 is 0.389 bits per heavy atom. The van der Waals surface area contributed by atoms with Crippen LogP contribution in [-0.2, 0) is 40.8 Å². The third kappa shape index (κ3) is 14.4. The van der Waals surface area contributed by atoms with Crippen LogP contribution in [0.4, 0.5) is 0 Å². The first-order chi connectivity index (χ1) is 24.8. The number of carboxylic acid groups (broad SMARTS) is 2. The Bertz CT molecular complexity index is 1710. The normalized spacial score (nSPS) is 9.78. The van der Waals surface area contributed by atoms with Crippen molar-refractivity contribution in [3.05, 3.63) is 193 Å². The van der Waals surface area contributed by atoms with Crippen molar-refractivity contribution in [1.29, 1.82) is 0 Å². The van der Waals surface area contributed by atoms with E-state index in [4.69, 9.17) is 19.8 Å². The maximum atomic E-state index is 7.53. The summed E-state index contributed by atoms with van der Waals surface area (Å²) in [6.45, 7) is 19.8. The van der Waals surface area contributed by atoms with Crippen molar-refractivity contribution in [3.63, 3.8) is 0 Å². The maximum absolute atomic E-state index is 7.53. The predicted molar refractivity (Wildman–Crippen MR) is 231 cm³/mol. The van der Waals surface area contributed by atoms with E-state index in [1.54, 1.807) is 0 Å². The summed E-state index contributed by atoms with van der Waals surface area (Å²) in [5.41, 5.74) is 7.74. The Hall–Kier alpha value is -3.82. The summed E-state index contributed by atoms with van der Waals surface area (Å²) in [5.74, 6) is -1.17. The zero-order valence-electron chi connectivity index (χ0n) is 31.7. The van der Waals surface area contributed by atoms with Gasteiger partial charge in [0.15, 0.2) is 0 Å². The molecule has 0 aliphatic carbocycles. The largest absolute Gasteiger partial charge is 0.477 e. The van der Waals surface area contributed by atoms with E-state index in [1.165, 1.54) is 67.9 Å². The Morgan fingerprint density at radius 2 is 0.556 bits per heavy atom. The van der Waals surface area contributed by atoms with Crippen LogP contribution in [0, 0.1) is 41.5 Å². The van der Waals surface area contributed by atoms with Gasteiger partial charge < -0.3 is 19.8 Å². The first kappa shape index (κ1) is 48.2. The molecular weight excluding hydrogens is 891 g/mol. The molecule has 0 aliphatic heterocycles. The van der Waals surface area contributed by atoms with Gasteiger partial charge in [0.2, 0.25) is 0 Å². The number of aliphatic hydroxyl groups excluding tert-OH is 2. The number of carboxylic acids is 2. The first-order valence-corrected chi connectivity index (χ1v) is 20.1. The van der Waals surface area contributed by atoms with E-state index in [2.05, 4.69) is 187 Å². The minimum Gasteiger partial charge on any atom is -0.339 e. The van der Waals surface area contributed by atoms with Crippen LogP contribution >= 0.6 is 15.8 Å². The van der Waals surface area contributed by atoms with Gasteiger partial charge in [-0.2, -0.15) is 37.1 Å². The molecule has 0 fully saturated rings. The van der Waals surface area contributed by atoms with E-state index >= 15 is 0 Å². The van der Waals surface area contributed by atoms with Crippen molar-refractivity contribution in [2.24, 2.45) is 0 Å². The molecule has 0 bridgehead atoms. The van der Waals surface area contributed by atoms with Crippen LogP contribution in [0.2, 0.25) is 0 Å². The molecule has 6 rings (SSSR count). The number of hydrogen-bond acceptors (Lipinski definition) is 0. The first-order valence-electron chi connectivity index (χ1n) is 17.1. The Kier molecular flexibility index (Phi) is 21.9. The Balaban J connectivity index is 0.000000437. The second-order valence-corrected chi connectivity index (χ2v) is 17.2. The third-order valence-corrected chi connectivity index (χ3v) is 14.7. The molecule has 54 heavy (non-hydrogen) atoms. The van der Waals surface area contributed by atoms with Gasteiger partial charge in [0.1, 0.15) is 0 Å². The molecule has 0 amide bonds. The van der Waals surface area contributed by atoms with Crippen LogP contribution in [0.3, 0.4) is 0 Å². The number of aliphatic carboxylic acids is 2. The van der Waals surface area contributed by atoms with Crippen LogP contribution in [0.1, 0.15) is 47.2 Å². The van der Waals surface area contributed by atoms with Gasteiger partial charge in [0.05, 0.1) is 50.9 Å². The van der Waals surface area contributed by atoms with Gasteiger partial charge >= 0.3 is 11.9 Å². The molecule has 0 aromatic heterocycles. The molecule has 8 heteroatoms. The van der Waals surface area contributed by atoms with Crippen molar-refractivity contribution in [3.8, 4) is 0 Å². The van der Waals surface area contributed by atoms with Crippen LogP contribution in [0.25, 0.3) is 0 Å². The third-order valence-electron chi connectivity index (χ3n) is 8.23. The van der Waals surface area contributed by atoms with Crippen molar-refractivity contribution >= 4 is 59.6 Å². The van der Waals surface area contributed by atoms with E-state index in [0.29, 0.717) is 0 Å². The molecule has 0 unspecified atom stereocenters. The van der Waals surface area contributed by atoms with E-state index in [0.717, 1.165) is 11.1 Å². The summed E-state index contributed by atoms with van der Waals surface area (Å²) in [7, 11) is -2.06. The van der Waals surface area contributed by atoms with Crippen molar-refractivity contribution in [2.75, 3.05) is 0 Å². The van der Waals surface area contributed by atoms with Crippen LogP contribution in [-0.4, -0.2) is 31.7 Å². The van der Waals surface area contributed by atoms with Crippen molar-refractivity contribution in [1.82, 2.24) is 0 Å². The van der Waals surface area contributed by atoms with Crippen molar-refractivity contribution < 1.29 is 60.6 Å². The zero-order chi connectivity index (χ0) is 38.2. The summed E-state index contributed by atoms with van der Waals surface area (Å²) in [4.78, 5) is 15.1. The molecule has 0 radical (unpaired) electrons. The zero-order valence-corrected chi connectivity index (χ0v) is 36.8. The molecule has 0 spiro atoms. The molecule has 6 aromatic rings. The average molecular weight is 944 g/mol. The van der Waals surface area contributed by atoms with E-state index in [-0.39, 0.29) is 40.8 Å². The molecule has 0 saturated carbocycles. The molecule has 0 atom stereocenters. The average Bonchev–Trinajstić information content (AvgIpc) is 3.10. The molecule has 0 heterocycles. The quantitative estimate of drug-likeness (QED) is 0.0767. The van der Waals surface area contributed by atoms with Gasteiger partial charge in [-0.15, -0.1) is 12.1 Å². The monoisotopic (exact) mass is 942 g/mol. The predicted octanol–water partition coefficient (Wildman–Crippen LogP) is 8.08. The summed E-state index contributed by atoms with van der Waals surface area (Å²) < 4.78 is 0. The van der Waals surface area contributed by atoms with Crippen LogP contribution in [0.15, 0.2) is 146 Å². The number of rotatable bonds is 6. The summed E-state index contributed by atoms with van der Waals surface area (Å²) in [6.07, 6.45) is 0. The SMILES string of the molecule is CC(O)=[OH+].CC(O)=[OH+].[CH2-]c1ccccc1[PH+](c1ccccc1C)c1ccccc1C.[CH2-]c1ccccc1[PH+](c1ccccc1C)c1ccccc1C.[Pd].[Pd]. The van der Waals surface area contributed by atoms with Gasteiger partial charge in [-0.1, -0.05) is 97.1 Å². The fraction of sp³-hybridized carbons (Fsp3) is 0.130. The van der Waals surface area contributed by atoms with Crippen LogP contribution in [0.5, 0.6) is 0 Å². The minimum absolute atomic E-state index is 0. The summed E-state index contributed by atoms with van der Waals surface area (Å²) in [5, 5.41) is 23.7. The van der Waals surface area contributed by atoms with E-state index in [9.17, 15) is 0 Å². The van der Waals surface area contributed by atoms with Gasteiger partial charge in [-0.3, -0.25) is 0 Å². The maximum Gasteiger partial charge on any atom is 0.477 e. The Labute approximate surface area is 352 Å².